The van der Waals surface area contributed by atoms with Gasteiger partial charge in [0.2, 0.25) is 0 Å². The van der Waals surface area contributed by atoms with Gasteiger partial charge < -0.3 is 0 Å². The molecule has 0 radical (unpaired) electrons. The molecule has 0 unspecified atom stereocenters. The summed E-state index contributed by atoms with van der Waals surface area (Å²) in [6.07, 6.45) is 14.6. The SMILES string of the molecule is CCCCSC1=C(SCCCC)SC(=C2SC3=C=C=C=C=C4SC(=C5SC(SCCCC)=C(SCCCC)S5)SC4=C=C=C=C=C4SC(=C5SC(SCCCC)=C(SCCCC)S5)SC4=C=C=C=C=C3S2)S1. The molecular weight excluding hydrogens is 1230 g/mol. The third-order valence-electron chi connectivity index (χ3n) is 9.53. The molecule has 1 aliphatic carbocycles. The van der Waals surface area contributed by atoms with Gasteiger partial charge in [0.25, 0.3) is 0 Å². The van der Waals surface area contributed by atoms with Crippen LogP contribution >= 0.6 is 212 Å². The van der Waals surface area contributed by atoms with Crippen molar-refractivity contribution in [1.29, 1.82) is 0 Å². The molecule has 0 amide bonds. The topological polar surface area (TPSA) is 0 Å². The quantitative estimate of drug-likeness (QED) is 0.0664. The van der Waals surface area contributed by atoms with Crippen LogP contribution in [0.2, 0.25) is 0 Å². The summed E-state index contributed by atoms with van der Waals surface area (Å²) in [5.41, 5.74) is 40.4. The first-order valence-corrected chi connectivity index (χ1v) is 39.8. The number of fused-ring (bicyclic) bond motifs is 3. The number of unbranched alkanes of at least 4 members (excludes halogenated alkanes) is 6. The summed E-state index contributed by atoms with van der Waals surface area (Å²) >= 11 is 34.2. The van der Waals surface area contributed by atoms with E-state index in [2.05, 4.69) is 110 Å². The second-order valence-corrected chi connectivity index (χ2v) is 37.3. The van der Waals surface area contributed by atoms with Gasteiger partial charge in [-0.1, -0.05) is 221 Å². The molecule has 378 valence electrons. The van der Waals surface area contributed by atoms with Gasteiger partial charge in [-0.3, -0.25) is 0 Å². The Balaban J connectivity index is 1.32. The molecule has 7 rings (SSSR count). The molecule has 6 heterocycles. The van der Waals surface area contributed by atoms with Crippen molar-refractivity contribution in [2.24, 2.45) is 0 Å². The Morgan fingerprint density at radius 1 is 0.236 bits per heavy atom. The van der Waals surface area contributed by atoms with E-state index in [0.29, 0.717) is 0 Å². The first-order chi connectivity index (χ1) is 35.4. The van der Waals surface area contributed by atoms with Gasteiger partial charge in [-0.25, -0.2) is 0 Å². The maximum Gasteiger partial charge on any atom is 0.0862 e. The van der Waals surface area contributed by atoms with Crippen LogP contribution in [0.4, 0.5) is 0 Å². The highest BCUT2D eigenvalue weighted by Gasteiger charge is 2.33. The third kappa shape index (κ3) is 19.0. The molecule has 0 nitrogen and oxygen atoms in total. The fraction of sp³-hybridized carbons (Fsp3) is 0.444. The summed E-state index contributed by atoms with van der Waals surface area (Å²) in [7, 11) is 0. The van der Waals surface area contributed by atoms with Crippen molar-refractivity contribution >= 4 is 212 Å². The number of thioether (sulfide) groups is 18. The fourth-order valence-corrected chi connectivity index (χ4v) is 31.9. The first kappa shape index (κ1) is 61.0. The minimum absolute atomic E-state index is 0.948. The molecule has 0 bridgehead atoms. The van der Waals surface area contributed by atoms with E-state index < -0.39 is 0 Å². The second-order valence-electron chi connectivity index (χ2n) is 15.4. The molecule has 0 N–H and O–H groups in total. The summed E-state index contributed by atoms with van der Waals surface area (Å²) in [6.45, 7) is 13.7. The summed E-state index contributed by atoms with van der Waals surface area (Å²) < 4.78 is 16.5. The third-order valence-corrected chi connectivity index (χ3v) is 35.5. The average Bonchev–Trinajstić information content (AvgIpc) is 4.26. The van der Waals surface area contributed by atoms with Crippen LogP contribution in [0.3, 0.4) is 0 Å². The normalized spacial score (nSPS) is 18.6. The lowest BCUT2D eigenvalue weighted by molar-refractivity contribution is 0.897. The van der Waals surface area contributed by atoms with Gasteiger partial charge in [-0.05, 0) is 142 Å². The van der Waals surface area contributed by atoms with Crippen molar-refractivity contribution < 1.29 is 0 Å². The number of hydrogen-bond donors (Lipinski definition) is 0. The van der Waals surface area contributed by atoms with Gasteiger partial charge in [0.05, 0.1) is 80.3 Å². The molecule has 0 atom stereocenters. The van der Waals surface area contributed by atoms with Crippen LogP contribution in [0.5, 0.6) is 0 Å². The average molecular weight is 1280 g/mol. The molecule has 3 saturated heterocycles. The number of hydrogen-bond acceptors (Lipinski definition) is 18. The van der Waals surface area contributed by atoms with Crippen LogP contribution in [0.1, 0.15) is 119 Å². The van der Waals surface area contributed by atoms with E-state index in [1.807, 2.05) is 141 Å². The van der Waals surface area contributed by atoms with Crippen LogP contribution in [0.25, 0.3) is 0 Å². The lowest BCUT2D eigenvalue weighted by Gasteiger charge is -2.03. The van der Waals surface area contributed by atoms with Crippen molar-refractivity contribution in [3.63, 3.8) is 0 Å². The fourth-order valence-electron chi connectivity index (χ4n) is 5.62. The predicted octanol–water partition coefficient (Wildman–Crippen LogP) is 24.3. The standard InChI is InChI=1S/C54H54S18/c1-7-13-31-55-43-44(56-32-14-8-2)68-52(67-43)49-61-37-25-19-21-27-39-41(65-50(63-39)53-69-45(57-33-15-9-3)46(70-53)58-34-16-10-4)29-23-24-30-42-40(28-22-20-26-38(37)62-49)64-51(66-42)54-71-47(59-35-17-11-5)48(72-54)60-36-18-12-6/h7-18,31-36H2,1-6H3. The highest BCUT2D eigenvalue weighted by Crippen LogP contribution is 2.67. The van der Waals surface area contributed by atoms with E-state index in [4.69, 9.17) is 0 Å². The van der Waals surface area contributed by atoms with Crippen LogP contribution in [-0.2, 0) is 0 Å². The summed E-state index contributed by atoms with van der Waals surface area (Å²) in [5.74, 6) is 6.92. The zero-order valence-corrected chi connectivity index (χ0v) is 55.8. The van der Waals surface area contributed by atoms with E-state index in [0.717, 1.165) is 63.9 Å². The Hall–Kier alpha value is 1.32. The smallest absolute Gasteiger partial charge is 0.0862 e. The molecule has 6 aliphatic heterocycles. The van der Waals surface area contributed by atoms with Crippen LogP contribution in [0.15, 0.2) is 149 Å². The highest BCUT2D eigenvalue weighted by molar-refractivity contribution is 8.44. The van der Waals surface area contributed by atoms with E-state index >= 15 is 0 Å². The Kier molecular flexibility index (Phi) is 29.2. The lowest BCUT2D eigenvalue weighted by Crippen LogP contribution is -1.80. The predicted molar refractivity (Wildman–Crippen MR) is 361 cm³/mol. The molecule has 7 aliphatic rings. The van der Waals surface area contributed by atoms with Crippen molar-refractivity contribution in [2.45, 2.75) is 119 Å². The van der Waals surface area contributed by atoms with Gasteiger partial charge in [0.1, 0.15) is 0 Å². The van der Waals surface area contributed by atoms with E-state index in [9.17, 15) is 0 Å². The molecule has 0 aromatic carbocycles. The van der Waals surface area contributed by atoms with Crippen LogP contribution < -0.4 is 0 Å². The maximum absolute atomic E-state index is 3.47. The van der Waals surface area contributed by atoms with Gasteiger partial charge in [0, 0.05) is 0 Å². The van der Waals surface area contributed by atoms with E-state index in [1.54, 1.807) is 70.6 Å². The van der Waals surface area contributed by atoms with Crippen LogP contribution in [-0.4, -0.2) is 34.5 Å². The first-order valence-electron chi connectivity index (χ1n) is 24.1. The van der Waals surface area contributed by atoms with Gasteiger partial charge in [0.15, 0.2) is 0 Å². The molecule has 3 fully saturated rings. The zero-order chi connectivity index (χ0) is 50.3. The molecule has 0 saturated carbocycles. The molecule has 18 heteroatoms. The van der Waals surface area contributed by atoms with Gasteiger partial charge in [-0.2, -0.15) is 0 Å². The minimum atomic E-state index is 0.948. The minimum Gasteiger partial charge on any atom is -0.117 e. The highest BCUT2D eigenvalue weighted by atomic mass is 32.3. The van der Waals surface area contributed by atoms with E-state index in [-0.39, 0.29) is 0 Å². The van der Waals surface area contributed by atoms with Crippen LogP contribution in [0, 0.1) is 0 Å². The van der Waals surface area contributed by atoms with Crippen molar-refractivity contribution in [3.05, 3.63) is 149 Å². The summed E-state index contributed by atoms with van der Waals surface area (Å²) in [6, 6.07) is 0. The summed E-state index contributed by atoms with van der Waals surface area (Å²) in [4.78, 5) is 5.69. The Morgan fingerprint density at radius 2 is 0.389 bits per heavy atom. The Labute approximate surface area is 507 Å². The van der Waals surface area contributed by atoms with E-state index in [1.165, 1.54) is 128 Å². The molecule has 0 aromatic heterocycles. The lowest BCUT2D eigenvalue weighted by atomic mass is 10.4. The second kappa shape index (κ2) is 34.5. The maximum atomic E-state index is 3.47. The Morgan fingerprint density at radius 3 is 0.542 bits per heavy atom. The summed E-state index contributed by atoms with van der Waals surface area (Å²) in [5, 5.41) is 0. The number of rotatable bonds is 24. The van der Waals surface area contributed by atoms with Crippen molar-refractivity contribution in [2.75, 3.05) is 34.5 Å². The Bertz CT molecular complexity index is 2370. The zero-order valence-electron chi connectivity index (χ0n) is 41.1. The van der Waals surface area contributed by atoms with Gasteiger partial charge >= 0.3 is 0 Å². The van der Waals surface area contributed by atoms with Crippen molar-refractivity contribution in [3.8, 4) is 0 Å². The monoisotopic (exact) mass is 1280 g/mol. The largest absolute Gasteiger partial charge is 0.117 e. The molecule has 0 spiro atoms. The molecular formula is C54H54S18. The molecule has 0 aromatic rings. The van der Waals surface area contributed by atoms with Crippen molar-refractivity contribution in [1.82, 2.24) is 0 Å². The molecule has 72 heavy (non-hydrogen) atoms. The van der Waals surface area contributed by atoms with Gasteiger partial charge in [-0.15, -0.1) is 70.6 Å².